The van der Waals surface area contributed by atoms with Gasteiger partial charge in [0.15, 0.2) is 0 Å². The Labute approximate surface area is 245 Å². The summed E-state index contributed by atoms with van der Waals surface area (Å²) in [5, 5.41) is 0. The highest BCUT2D eigenvalue weighted by molar-refractivity contribution is 6.98. The first-order valence-corrected chi connectivity index (χ1v) is 15.1. The minimum Gasteiger partial charge on any atom is -0.307 e. The summed E-state index contributed by atoms with van der Waals surface area (Å²) in [4.78, 5) is 5.00. The lowest BCUT2D eigenvalue weighted by atomic mass is 9.33. The van der Waals surface area contributed by atoms with E-state index in [4.69, 9.17) is 0 Å². The molecule has 0 saturated heterocycles. The number of aryl methyl sites for hydroxylation is 5. The van der Waals surface area contributed by atoms with Gasteiger partial charge in [0.05, 0.1) is 22.7 Å². The van der Waals surface area contributed by atoms with E-state index in [-0.39, 0.29) is 6.71 Å². The summed E-state index contributed by atoms with van der Waals surface area (Å²) in [5.41, 5.74) is 18.4. The topological polar surface area (TPSA) is 6.48 Å². The zero-order valence-electron chi connectivity index (χ0n) is 24.8. The summed E-state index contributed by atoms with van der Waals surface area (Å²) in [7, 11) is 0. The maximum absolute atomic E-state index is 2.52. The molecule has 0 fully saturated rings. The second-order valence-corrected chi connectivity index (χ2v) is 12.0. The number of unbranched alkanes of at least 4 members (excludes halogenated alkanes) is 1. The molecule has 3 heteroatoms. The summed E-state index contributed by atoms with van der Waals surface area (Å²) in [6.07, 6.45) is 3.58. The monoisotopic (exact) mass is 532 g/mol. The molecule has 41 heavy (non-hydrogen) atoms. The van der Waals surface area contributed by atoms with Crippen LogP contribution in [-0.4, -0.2) is 6.71 Å². The average Bonchev–Trinajstić information content (AvgIpc) is 2.97. The number of anilines is 6. The molecule has 5 aromatic carbocycles. The number of para-hydroxylation sites is 3. The van der Waals surface area contributed by atoms with E-state index in [1.165, 1.54) is 91.2 Å². The molecule has 0 aromatic heterocycles. The number of rotatable bonds is 5. The third kappa shape index (κ3) is 4.10. The molecule has 5 aromatic rings. The third-order valence-electron chi connectivity index (χ3n) is 8.96. The predicted molar refractivity (Wildman–Crippen MR) is 178 cm³/mol. The fourth-order valence-corrected chi connectivity index (χ4v) is 7.25. The van der Waals surface area contributed by atoms with E-state index in [1.807, 2.05) is 0 Å². The standard InChI is InChI=1S/C38H37BN2/c1-6-7-11-29-17-19-30(20-18-29)40-34-13-8-9-14-35(34)41-33-21-16-25(2)24-32(33)39(31-12-10-15-36(40)38(31)41)37-27(4)22-26(3)23-28(37)5/h8-10,12-24H,6-7,11H2,1-5H3. The molecule has 0 radical (unpaired) electrons. The van der Waals surface area contributed by atoms with Crippen LogP contribution in [-0.2, 0) is 6.42 Å². The van der Waals surface area contributed by atoms with E-state index < -0.39 is 0 Å². The van der Waals surface area contributed by atoms with E-state index in [9.17, 15) is 0 Å². The highest BCUT2D eigenvalue weighted by Gasteiger charge is 2.42. The molecule has 0 N–H and O–H groups in total. The van der Waals surface area contributed by atoms with Gasteiger partial charge in [0.1, 0.15) is 0 Å². The first kappa shape index (κ1) is 25.7. The molecule has 0 atom stereocenters. The summed E-state index contributed by atoms with van der Waals surface area (Å²) in [6.45, 7) is 11.4. The lowest BCUT2D eigenvalue weighted by Gasteiger charge is -2.46. The van der Waals surface area contributed by atoms with Gasteiger partial charge in [0.25, 0.3) is 0 Å². The van der Waals surface area contributed by atoms with Gasteiger partial charge in [-0.3, -0.25) is 0 Å². The number of nitrogens with zero attached hydrogens (tertiary/aromatic N) is 2. The van der Waals surface area contributed by atoms with E-state index in [2.05, 4.69) is 141 Å². The molecule has 0 saturated carbocycles. The van der Waals surface area contributed by atoms with Crippen LogP contribution in [0, 0.1) is 27.7 Å². The van der Waals surface area contributed by atoms with Crippen LogP contribution >= 0.6 is 0 Å². The fourth-order valence-electron chi connectivity index (χ4n) is 7.25. The number of hydrogen-bond donors (Lipinski definition) is 0. The fraction of sp³-hybridized carbons (Fsp3) is 0.211. The van der Waals surface area contributed by atoms with Crippen LogP contribution in [0.4, 0.5) is 34.1 Å². The number of hydrogen-bond acceptors (Lipinski definition) is 2. The van der Waals surface area contributed by atoms with Crippen LogP contribution in [0.1, 0.15) is 47.6 Å². The molecule has 2 heterocycles. The summed E-state index contributed by atoms with van der Waals surface area (Å²) < 4.78 is 0. The Morgan fingerprint density at radius 2 is 1.27 bits per heavy atom. The van der Waals surface area contributed by atoms with Crippen molar-refractivity contribution in [3.8, 4) is 0 Å². The predicted octanol–water partition coefficient (Wildman–Crippen LogP) is 8.35. The molecule has 0 amide bonds. The van der Waals surface area contributed by atoms with Crippen LogP contribution in [0.2, 0.25) is 0 Å². The van der Waals surface area contributed by atoms with Gasteiger partial charge < -0.3 is 9.80 Å². The van der Waals surface area contributed by atoms with Crippen LogP contribution in [0.5, 0.6) is 0 Å². The van der Waals surface area contributed by atoms with Crippen molar-refractivity contribution in [2.45, 2.75) is 53.9 Å². The smallest absolute Gasteiger partial charge is 0.247 e. The molecule has 2 aliphatic rings. The molecule has 0 bridgehead atoms. The zero-order chi connectivity index (χ0) is 28.2. The highest BCUT2D eigenvalue weighted by Crippen LogP contribution is 2.54. The molecule has 7 rings (SSSR count). The molecular weight excluding hydrogens is 495 g/mol. The second-order valence-electron chi connectivity index (χ2n) is 12.0. The number of benzene rings is 5. The van der Waals surface area contributed by atoms with E-state index in [1.54, 1.807) is 0 Å². The van der Waals surface area contributed by atoms with Crippen molar-refractivity contribution in [3.05, 3.63) is 125 Å². The van der Waals surface area contributed by atoms with Gasteiger partial charge in [-0.1, -0.05) is 102 Å². The van der Waals surface area contributed by atoms with Gasteiger partial charge >= 0.3 is 0 Å². The minimum atomic E-state index is 0.167. The van der Waals surface area contributed by atoms with Crippen molar-refractivity contribution in [3.63, 3.8) is 0 Å². The Kier molecular flexibility index (Phi) is 6.27. The van der Waals surface area contributed by atoms with Crippen molar-refractivity contribution in [1.82, 2.24) is 0 Å². The average molecular weight is 533 g/mol. The van der Waals surface area contributed by atoms with Crippen LogP contribution in [0.3, 0.4) is 0 Å². The molecule has 0 spiro atoms. The molecule has 2 aliphatic heterocycles. The summed E-state index contributed by atoms with van der Waals surface area (Å²) in [5.74, 6) is 0. The normalized spacial score (nSPS) is 13.1. The van der Waals surface area contributed by atoms with Gasteiger partial charge in [0.2, 0.25) is 6.71 Å². The molecule has 2 nitrogen and oxygen atoms in total. The van der Waals surface area contributed by atoms with Crippen molar-refractivity contribution >= 4 is 57.2 Å². The van der Waals surface area contributed by atoms with E-state index in [0.717, 1.165) is 6.42 Å². The van der Waals surface area contributed by atoms with Gasteiger partial charge in [-0.25, -0.2) is 0 Å². The van der Waals surface area contributed by atoms with Crippen molar-refractivity contribution < 1.29 is 0 Å². The third-order valence-corrected chi connectivity index (χ3v) is 8.96. The molecular formula is C38H37BN2. The zero-order valence-corrected chi connectivity index (χ0v) is 24.8. The molecule has 0 unspecified atom stereocenters. The van der Waals surface area contributed by atoms with Crippen molar-refractivity contribution in [2.24, 2.45) is 0 Å². The maximum Gasteiger partial charge on any atom is 0.247 e. The Balaban J connectivity index is 1.50. The Morgan fingerprint density at radius 1 is 0.585 bits per heavy atom. The second kappa shape index (κ2) is 9.99. The minimum absolute atomic E-state index is 0.167. The van der Waals surface area contributed by atoms with Gasteiger partial charge in [-0.15, -0.1) is 0 Å². The van der Waals surface area contributed by atoms with Crippen LogP contribution in [0.15, 0.2) is 97.1 Å². The first-order chi connectivity index (χ1) is 20.0. The lowest BCUT2D eigenvalue weighted by molar-refractivity contribution is 0.795. The quantitative estimate of drug-likeness (QED) is 0.206. The maximum atomic E-state index is 2.52. The Bertz CT molecular complexity index is 1760. The highest BCUT2D eigenvalue weighted by atomic mass is 15.3. The van der Waals surface area contributed by atoms with Crippen LogP contribution in [0.25, 0.3) is 0 Å². The van der Waals surface area contributed by atoms with Gasteiger partial charge in [-0.2, -0.15) is 0 Å². The Hall–Kier alpha value is -4.24. The molecule has 202 valence electrons. The van der Waals surface area contributed by atoms with Gasteiger partial charge in [0, 0.05) is 11.4 Å². The molecule has 0 aliphatic carbocycles. The summed E-state index contributed by atoms with van der Waals surface area (Å²) >= 11 is 0. The van der Waals surface area contributed by atoms with Crippen molar-refractivity contribution in [1.29, 1.82) is 0 Å². The lowest BCUT2D eigenvalue weighted by Crippen LogP contribution is -2.59. The number of fused-ring (bicyclic) bond motifs is 4. The van der Waals surface area contributed by atoms with Crippen molar-refractivity contribution in [2.75, 3.05) is 9.80 Å². The largest absolute Gasteiger partial charge is 0.307 e. The Morgan fingerprint density at radius 3 is 1.98 bits per heavy atom. The van der Waals surface area contributed by atoms with E-state index >= 15 is 0 Å². The SMILES string of the molecule is CCCCc1ccc(N2c3ccccc3N3c4ccc(C)cc4B(c4c(C)cc(C)cc4C)c4cccc2c43)cc1. The van der Waals surface area contributed by atoms with E-state index in [0.29, 0.717) is 0 Å². The first-order valence-electron chi connectivity index (χ1n) is 15.1. The van der Waals surface area contributed by atoms with Gasteiger partial charge in [-0.05, 0) is 93.4 Å². The van der Waals surface area contributed by atoms with Crippen LogP contribution < -0.4 is 26.2 Å². The summed E-state index contributed by atoms with van der Waals surface area (Å²) in [6, 6.07) is 36.8.